The van der Waals surface area contributed by atoms with Gasteiger partial charge in [0.2, 0.25) is 0 Å². The van der Waals surface area contributed by atoms with Gasteiger partial charge in [-0.2, -0.15) is 11.3 Å². The predicted octanol–water partition coefficient (Wildman–Crippen LogP) is 3.95. The van der Waals surface area contributed by atoms with Gasteiger partial charge in [0.1, 0.15) is 0 Å². The molecule has 0 bridgehead atoms. The number of carbonyl (C=O) groups excluding carboxylic acids is 2. The molecule has 0 aliphatic rings. The lowest BCUT2D eigenvalue weighted by molar-refractivity contribution is -0.148. The van der Waals surface area contributed by atoms with E-state index in [-0.39, 0.29) is 5.91 Å². The molecular formula is C18H19NO3S. The Balaban J connectivity index is 1.93. The van der Waals surface area contributed by atoms with Crippen molar-refractivity contribution >= 4 is 35.0 Å². The second kappa shape index (κ2) is 7.74. The molecule has 0 aliphatic carbocycles. The molecule has 0 spiro atoms. The van der Waals surface area contributed by atoms with Gasteiger partial charge in [0.05, 0.1) is 0 Å². The number of hydrogen-bond acceptors (Lipinski definition) is 4. The zero-order chi connectivity index (χ0) is 16.8. The first-order chi connectivity index (χ1) is 11.0. The van der Waals surface area contributed by atoms with E-state index in [1.807, 2.05) is 48.9 Å². The number of para-hydroxylation sites is 1. The SMILES string of the molecule is Cc1cccc(C)c1NC(=O)[C@H](C)OC(=O)/C=C/c1ccsc1. The molecule has 0 saturated carbocycles. The quantitative estimate of drug-likeness (QED) is 0.667. The van der Waals surface area contributed by atoms with Crippen molar-refractivity contribution in [1.82, 2.24) is 0 Å². The number of rotatable bonds is 5. The summed E-state index contributed by atoms with van der Waals surface area (Å²) < 4.78 is 5.13. The third-order valence-corrected chi connectivity index (χ3v) is 4.05. The molecule has 2 aromatic rings. The smallest absolute Gasteiger partial charge is 0.331 e. The molecule has 4 nitrogen and oxygen atoms in total. The van der Waals surface area contributed by atoms with Crippen LogP contribution in [0.1, 0.15) is 23.6 Å². The molecule has 0 unspecified atom stereocenters. The fraction of sp³-hybridized carbons (Fsp3) is 0.222. The van der Waals surface area contributed by atoms with Crippen LogP contribution in [0, 0.1) is 13.8 Å². The van der Waals surface area contributed by atoms with Crippen molar-refractivity contribution in [2.24, 2.45) is 0 Å². The summed E-state index contributed by atoms with van der Waals surface area (Å²) in [5.41, 5.74) is 3.62. The molecule has 120 valence electrons. The largest absolute Gasteiger partial charge is 0.449 e. The molecule has 0 saturated heterocycles. The third kappa shape index (κ3) is 4.79. The Hall–Kier alpha value is -2.40. The Morgan fingerprint density at radius 1 is 1.22 bits per heavy atom. The summed E-state index contributed by atoms with van der Waals surface area (Å²) in [6, 6.07) is 7.66. The maximum Gasteiger partial charge on any atom is 0.331 e. The minimum Gasteiger partial charge on any atom is -0.449 e. The summed E-state index contributed by atoms with van der Waals surface area (Å²) in [6.45, 7) is 5.39. The second-order valence-electron chi connectivity index (χ2n) is 5.23. The number of thiophene rings is 1. The van der Waals surface area contributed by atoms with Gasteiger partial charge in [0, 0.05) is 11.8 Å². The lowest BCUT2D eigenvalue weighted by Crippen LogP contribution is -2.30. The van der Waals surface area contributed by atoms with Gasteiger partial charge in [-0.1, -0.05) is 18.2 Å². The third-order valence-electron chi connectivity index (χ3n) is 3.35. The number of ether oxygens (including phenoxy) is 1. The molecular weight excluding hydrogens is 310 g/mol. The predicted molar refractivity (Wildman–Crippen MR) is 93.5 cm³/mol. The number of carbonyl (C=O) groups is 2. The summed E-state index contributed by atoms with van der Waals surface area (Å²) in [6.07, 6.45) is 2.12. The molecule has 1 N–H and O–H groups in total. The van der Waals surface area contributed by atoms with Gasteiger partial charge >= 0.3 is 5.97 Å². The Morgan fingerprint density at radius 2 is 1.91 bits per heavy atom. The average Bonchev–Trinajstić information content (AvgIpc) is 3.02. The molecule has 0 radical (unpaired) electrons. The van der Waals surface area contributed by atoms with E-state index in [1.54, 1.807) is 24.3 Å². The second-order valence-corrected chi connectivity index (χ2v) is 6.01. The molecule has 1 atom stereocenters. The van der Waals surface area contributed by atoms with Gasteiger partial charge in [-0.3, -0.25) is 4.79 Å². The first kappa shape index (κ1) is 17.0. The van der Waals surface area contributed by atoms with Crippen LogP contribution in [0.2, 0.25) is 0 Å². The van der Waals surface area contributed by atoms with Crippen molar-refractivity contribution in [2.75, 3.05) is 5.32 Å². The van der Waals surface area contributed by atoms with Crippen LogP contribution in [0.3, 0.4) is 0 Å². The fourth-order valence-corrected chi connectivity index (χ4v) is 2.67. The summed E-state index contributed by atoms with van der Waals surface area (Å²) in [5, 5.41) is 6.65. The summed E-state index contributed by atoms with van der Waals surface area (Å²) >= 11 is 1.55. The van der Waals surface area contributed by atoms with Crippen LogP contribution in [0.4, 0.5) is 5.69 Å². The summed E-state index contributed by atoms with van der Waals surface area (Å²) in [5.74, 6) is -0.889. The summed E-state index contributed by atoms with van der Waals surface area (Å²) in [7, 11) is 0. The van der Waals surface area contributed by atoms with E-state index in [2.05, 4.69) is 5.32 Å². The van der Waals surface area contributed by atoms with Gasteiger partial charge in [-0.15, -0.1) is 0 Å². The van der Waals surface area contributed by atoms with Crippen LogP contribution in [-0.4, -0.2) is 18.0 Å². The lowest BCUT2D eigenvalue weighted by Gasteiger charge is -2.15. The lowest BCUT2D eigenvalue weighted by atomic mass is 10.1. The average molecular weight is 329 g/mol. The maximum absolute atomic E-state index is 12.2. The van der Waals surface area contributed by atoms with Crippen LogP contribution in [0.5, 0.6) is 0 Å². The molecule has 0 aliphatic heterocycles. The first-order valence-electron chi connectivity index (χ1n) is 7.25. The Morgan fingerprint density at radius 3 is 2.52 bits per heavy atom. The van der Waals surface area contributed by atoms with Crippen LogP contribution in [0.15, 0.2) is 41.1 Å². The Bertz CT molecular complexity index is 700. The topological polar surface area (TPSA) is 55.4 Å². The molecule has 1 aromatic heterocycles. The normalized spacial score (nSPS) is 12.1. The van der Waals surface area contributed by atoms with Crippen LogP contribution >= 0.6 is 11.3 Å². The van der Waals surface area contributed by atoms with Gasteiger partial charge in [-0.25, -0.2) is 4.79 Å². The van der Waals surface area contributed by atoms with Crippen molar-refractivity contribution in [1.29, 1.82) is 0 Å². The zero-order valence-electron chi connectivity index (χ0n) is 13.3. The Labute approximate surface area is 139 Å². The summed E-state index contributed by atoms with van der Waals surface area (Å²) in [4.78, 5) is 23.9. The van der Waals surface area contributed by atoms with E-state index < -0.39 is 12.1 Å². The molecule has 1 heterocycles. The molecule has 1 aromatic carbocycles. The van der Waals surface area contributed by atoms with Crippen molar-refractivity contribution in [3.05, 3.63) is 57.8 Å². The van der Waals surface area contributed by atoms with E-state index in [0.29, 0.717) is 0 Å². The van der Waals surface area contributed by atoms with E-state index in [1.165, 1.54) is 6.08 Å². The number of hydrogen-bond donors (Lipinski definition) is 1. The van der Waals surface area contributed by atoms with Crippen LogP contribution in [0.25, 0.3) is 6.08 Å². The molecule has 2 rings (SSSR count). The van der Waals surface area contributed by atoms with E-state index in [0.717, 1.165) is 22.4 Å². The van der Waals surface area contributed by atoms with E-state index in [4.69, 9.17) is 4.74 Å². The van der Waals surface area contributed by atoms with Crippen molar-refractivity contribution in [3.8, 4) is 0 Å². The first-order valence-corrected chi connectivity index (χ1v) is 8.19. The molecule has 0 fully saturated rings. The van der Waals surface area contributed by atoms with Gasteiger partial charge in [0.25, 0.3) is 5.91 Å². The highest BCUT2D eigenvalue weighted by atomic mass is 32.1. The highest BCUT2D eigenvalue weighted by Crippen LogP contribution is 2.19. The van der Waals surface area contributed by atoms with Crippen LogP contribution in [-0.2, 0) is 14.3 Å². The standard InChI is InChI=1S/C18H19NO3S/c1-12-5-4-6-13(2)17(12)19-18(21)14(3)22-16(20)8-7-15-9-10-23-11-15/h4-11,14H,1-3H3,(H,19,21)/b8-7+/t14-/m0/s1. The number of amides is 1. The molecule has 23 heavy (non-hydrogen) atoms. The van der Waals surface area contributed by atoms with E-state index >= 15 is 0 Å². The zero-order valence-corrected chi connectivity index (χ0v) is 14.1. The number of benzene rings is 1. The Kier molecular flexibility index (Phi) is 5.71. The number of esters is 1. The number of aryl methyl sites for hydroxylation is 2. The molecule has 5 heteroatoms. The van der Waals surface area contributed by atoms with Gasteiger partial charge in [0.15, 0.2) is 6.10 Å². The highest BCUT2D eigenvalue weighted by Gasteiger charge is 2.18. The monoisotopic (exact) mass is 329 g/mol. The maximum atomic E-state index is 12.2. The number of nitrogens with one attached hydrogen (secondary N) is 1. The van der Waals surface area contributed by atoms with Crippen LogP contribution < -0.4 is 5.32 Å². The van der Waals surface area contributed by atoms with Crippen molar-refractivity contribution in [2.45, 2.75) is 26.9 Å². The minimum atomic E-state index is -0.867. The minimum absolute atomic E-state index is 0.348. The highest BCUT2D eigenvalue weighted by molar-refractivity contribution is 7.08. The van der Waals surface area contributed by atoms with Gasteiger partial charge in [-0.05, 0) is 60.4 Å². The van der Waals surface area contributed by atoms with E-state index in [9.17, 15) is 9.59 Å². The van der Waals surface area contributed by atoms with Gasteiger partial charge < -0.3 is 10.1 Å². The molecule has 1 amide bonds. The fourth-order valence-electron chi connectivity index (χ4n) is 2.04. The number of anilines is 1. The van der Waals surface area contributed by atoms with Crippen molar-refractivity contribution in [3.63, 3.8) is 0 Å². The van der Waals surface area contributed by atoms with Crippen molar-refractivity contribution < 1.29 is 14.3 Å².